The number of esters is 1. The van der Waals surface area contributed by atoms with Crippen molar-refractivity contribution in [3.05, 3.63) is 53.6 Å². The fourth-order valence-electron chi connectivity index (χ4n) is 2.03. The third kappa shape index (κ3) is 5.20. The van der Waals surface area contributed by atoms with Crippen LogP contribution < -0.4 is 14.6 Å². The van der Waals surface area contributed by atoms with Gasteiger partial charge in [-0.1, -0.05) is 17.7 Å². The Balaban J connectivity index is 1.99. The predicted octanol–water partition coefficient (Wildman–Crippen LogP) is 1.89. The molecule has 0 radical (unpaired) electrons. The van der Waals surface area contributed by atoms with Gasteiger partial charge in [-0.05, 0) is 37.3 Å². The smallest absolute Gasteiger partial charge is 0.342 e. The normalized spacial score (nSPS) is 11.0. The monoisotopic (exact) mass is 365 g/mol. The molecule has 0 saturated carbocycles. The molecule has 0 aliphatic rings. The molecule has 2 rings (SSSR count). The summed E-state index contributed by atoms with van der Waals surface area (Å²) in [5.41, 5.74) is 1.09. The van der Waals surface area contributed by atoms with E-state index in [1.807, 2.05) is 31.2 Å². The summed E-state index contributed by atoms with van der Waals surface area (Å²) in [6.07, 6.45) is 0. The lowest BCUT2D eigenvalue weighted by atomic mass is 10.2. The van der Waals surface area contributed by atoms with Gasteiger partial charge in [0.1, 0.15) is 30.3 Å². The zero-order valence-electron chi connectivity index (χ0n) is 13.9. The van der Waals surface area contributed by atoms with Gasteiger partial charge in [-0.15, -0.1) is 0 Å². The summed E-state index contributed by atoms with van der Waals surface area (Å²) >= 11 is 0. The molecule has 0 fully saturated rings. The van der Waals surface area contributed by atoms with Crippen molar-refractivity contribution in [3.63, 3.8) is 0 Å². The lowest BCUT2D eigenvalue weighted by Crippen LogP contribution is -2.16. The maximum atomic E-state index is 12.2. The van der Waals surface area contributed by atoms with Gasteiger partial charge in [-0.2, -0.15) is 0 Å². The van der Waals surface area contributed by atoms with Gasteiger partial charge in [-0.3, -0.25) is 0 Å². The van der Waals surface area contributed by atoms with Crippen molar-refractivity contribution in [2.75, 3.05) is 20.3 Å². The highest BCUT2D eigenvalue weighted by Gasteiger charge is 2.18. The average Bonchev–Trinajstić information content (AvgIpc) is 2.58. The molecule has 8 heteroatoms. The van der Waals surface area contributed by atoms with Crippen LogP contribution in [0.5, 0.6) is 11.5 Å². The number of sulfonamides is 1. The molecule has 0 saturated heterocycles. The van der Waals surface area contributed by atoms with Crippen molar-refractivity contribution in [1.82, 2.24) is 0 Å². The van der Waals surface area contributed by atoms with Crippen molar-refractivity contribution < 1.29 is 27.4 Å². The Labute approximate surface area is 146 Å². The first-order valence-electron chi connectivity index (χ1n) is 7.38. The van der Waals surface area contributed by atoms with E-state index in [1.165, 1.54) is 19.2 Å². The molecule has 7 nitrogen and oxygen atoms in total. The molecule has 0 heterocycles. The molecule has 2 aromatic carbocycles. The van der Waals surface area contributed by atoms with Gasteiger partial charge >= 0.3 is 5.97 Å². The van der Waals surface area contributed by atoms with E-state index in [1.54, 1.807) is 0 Å². The largest absolute Gasteiger partial charge is 0.496 e. The summed E-state index contributed by atoms with van der Waals surface area (Å²) < 4.78 is 38.4. The Hall–Kier alpha value is -2.58. The average molecular weight is 365 g/mol. The van der Waals surface area contributed by atoms with Crippen molar-refractivity contribution in [1.29, 1.82) is 0 Å². The Morgan fingerprint density at radius 1 is 1.08 bits per heavy atom. The molecule has 0 spiro atoms. The summed E-state index contributed by atoms with van der Waals surface area (Å²) in [6.45, 7) is 2.12. The fourth-order valence-corrected chi connectivity index (χ4v) is 2.57. The second-order valence-electron chi connectivity index (χ2n) is 5.20. The van der Waals surface area contributed by atoms with Crippen molar-refractivity contribution in [2.45, 2.75) is 11.8 Å². The minimum Gasteiger partial charge on any atom is -0.496 e. The van der Waals surface area contributed by atoms with Gasteiger partial charge in [0.05, 0.1) is 12.0 Å². The third-order valence-electron chi connectivity index (χ3n) is 3.33. The SMILES string of the molecule is COc1ccc(S(N)(=O)=O)cc1C(=O)OCCOc1ccc(C)cc1. The van der Waals surface area contributed by atoms with E-state index in [-0.39, 0.29) is 29.4 Å². The van der Waals surface area contributed by atoms with Crippen molar-refractivity contribution in [3.8, 4) is 11.5 Å². The fraction of sp³-hybridized carbons (Fsp3) is 0.235. The maximum Gasteiger partial charge on any atom is 0.342 e. The molecule has 0 bridgehead atoms. The molecule has 0 unspecified atom stereocenters. The Kier molecular flexibility index (Phi) is 6.00. The lowest BCUT2D eigenvalue weighted by Gasteiger charge is -2.11. The molecular formula is C17H19NO6S. The van der Waals surface area contributed by atoms with Crippen molar-refractivity contribution in [2.24, 2.45) is 5.14 Å². The number of primary sulfonamides is 1. The van der Waals surface area contributed by atoms with Crippen molar-refractivity contribution >= 4 is 16.0 Å². The molecule has 0 amide bonds. The number of benzene rings is 2. The van der Waals surface area contributed by atoms with E-state index in [0.29, 0.717) is 5.75 Å². The van der Waals surface area contributed by atoms with Crippen LogP contribution in [0.3, 0.4) is 0 Å². The summed E-state index contributed by atoms with van der Waals surface area (Å²) in [4.78, 5) is 12.0. The molecule has 0 aliphatic carbocycles. The van der Waals surface area contributed by atoms with Crippen LogP contribution in [-0.2, 0) is 14.8 Å². The van der Waals surface area contributed by atoms with Gasteiger partial charge in [0.2, 0.25) is 10.0 Å². The highest BCUT2D eigenvalue weighted by atomic mass is 32.2. The van der Waals surface area contributed by atoms with Crippen LogP contribution in [0.25, 0.3) is 0 Å². The topological polar surface area (TPSA) is 105 Å². The van der Waals surface area contributed by atoms with E-state index in [0.717, 1.165) is 11.6 Å². The first-order chi connectivity index (χ1) is 11.8. The molecule has 0 atom stereocenters. The summed E-state index contributed by atoms with van der Waals surface area (Å²) in [5.74, 6) is 0.127. The second kappa shape index (κ2) is 8.00. The van der Waals surface area contributed by atoms with Gasteiger partial charge in [0.15, 0.2) is 0 Å². The van der Waals surface area contributed by atoms with Crippen LogP contribution >= 0.6 is 0 Å². The minimum absolute atomic E-state index is 0.00450. The third-order valence-corrected chi connectivity index (χ3v) is 4.24. The standard InChI is InChI=1S/C17H19NO6S/c1-12-3-5-13(6-4-12)23-9-10-24-17(19)15-11-14(25(18,20)21)7-8-16(15)22-2/h3-8,11H,9-10H2,1-2H3,(H2,18,20,21). The Morgan fingerprint density at radius 2 is 1.76 bits per heavy atom. The summed E-state index contributed by atoms with van der Waals surface area (Å²) in [6, 6.07) is 11.2. The summed E-state index contributed by atoms with van der Waals surface area (Å²) in [7, 11) is -2.57. The van der Waals surface area contributed by atoms with Crippen LogP contribution in [-0.4, -0.2) is 34.7 Å². The number of nitrogens with two attached hydrogens (primary N) is 1. The Bertz CT molecular complexity index is 846. The number of rotatable bonds is 7. The van der Waals surface area contributed by atoms with E-state index < -0.39 is 16.0 Å². The van der Waals surface area contributed by atoms with Gasteiger partial charge in [0, 0.05) is 0 Å². The number of methoxy groups -OCH3 is 1. The first-order valence-corrected chi connectivity index (χ1v) is 8.93. The lowest BCUT2D eigenvalue weighted by molar-refractivity contribution is 0.0446. The quantitative estimate of drug-likeness (QED) is 0.593. The second-order valence-corrected chi connectivity index (χ2v) is 6.77. The number of ether oxygens (including phenoxy) is 3. The van der Waals surface area contributed by atoms with Crippen LogP contribution in [0.2, 0.25) is 0 Å². The molecule has 0 aliphatic heterocycles. The van der Waals surface area contributed by atoms with Gasteiger partial charge in [-0.25, -0.2) is 18.4 Å². The zero-order valence-corrected chi connectivity index (χ0v) is 14.7. The van der Waals surface area contributed by atoms with Gasteiger partial charge in [0.25, 0.3) is 0 Å². The number of aryl methyl sites for hydroxylation is 1. The minimum atomic E-state index is -3.94. The van der Waals surface area contributed by atoms with E-state index in [9.17, 15) is 13.2 Å². The molecule has 25 heavy (non-hydrogen) atoms. The number of hydrogen-bond donors (Lipinski definition) is 1. The van der Waals surface area contributed by atoms with E-state index >= 15 is 0 Å². The number of carbonyl (C=O) groups excluding carboxylic acids is 1. The van der Waals surface area contributed by atoms with E-state index in [2.05, 4.69) is 0 Å². The predicted molar refractivity (Wildman–Crippen MR) is 91.3 cm³/mol. The van der Waals surface area contributed by atoms with Crippen LogP contribution in [0, 0.1) is 6.92 Å². The Morgan fingerprint density at radius 3 is 2.36 bits per heavy atom. The number of hydrogen-bond acceptors (Lipinski definition) is 6. The molecular weight excluding hydrogens is 346 g/mol. The molecule has 0 aromatic heterocycles. The number of carbonyl (C=O) groups is 1. The van der Waals surface area contributed by atoms with E-state index in [4.69, 9.17) is 19.3 Å². The highest BCUT2D eigenvalue weighted by molar-refractivity contribution is 7.89. The van der Waals surface area contributed by atoms with Crippen LogP contribution in [0.1, 0.15) is 15.9 Å². The molecule has 2 aromatic rings. The molecule has 2 N–H and O–H groups in total. The zero-order chi connectivity index (χ0) is 18.4. The van der Waals surface area contributed by atoms with Crippen LogP contribution in [0.15, 0.2) is 47.4 Å². The first kappa shape index (κ1) is 18.8. The summed E-state index contributed by atoms with van der Waals surface area (Å²) in [5, 5.41) is 5.07. The maximum absolute atomic E-state index is 12.2. The van der Waals surface area contributed by atoms with Gasteiger partial charge < -0.3 is 14.2 Å². The highest BCUT2D eigenvalue weighted by Crippen LogP contribution is 2.22. The molecule has 134 valence electrons. The van der Waals surface area contributed by atoms with Crippen LogP contribution in [0.4, 0.5) is 0 Å².